The van der Waals surface area contributed by atoms with Gasteiger partial charge in [0.25, 0.3) is 5.91 Å². The number of β-amino-alcohol motifs (C(OH)–C–C–N with tert-alkyl or cyclic N) is 1. The molecule has 2 unspecified atom stereocenters. The first-order valence-electron chi connectivity index (χ1n) is 10.3. The van der Waals surface area contributed by atoms with Crippen LogP contribution in [0, 0.1) is 11.6 Å². The van der Waals surface area contributed by atoms with Crippen molar-refractivity contribution in [2.24, 2.45) is 0 Å². The minimum Gasteiger partial charge on any atom is -0.391 e. The van der Waals surface area contributed by atoms with Gasteiger partial charge in [-0.3, -0.25) is 23.9 Å². The normalized spacial score (nSPS) is 17.1. The van der Waals surface area contributed by atoms with Gasteiger partial charge in [0, 0.05) is 12.3 Å². The van der Waals surface area contributed by atoms with Gasteiger partial charge in [0.05, 0.1) is 29.5 Å². The predicted molar refractivity (Wildman–Crippen MR) is 118 cm³/mol. The van der Waals surface area contributed by atoms with Gasteiger partial charge in [-0.15, -0.1) is 0 Å². The second-order valence-electron chi connectivity index (χ2n) is 8.10. The number of carbonyl (C=O) groups excluding carboxylic acids is 2. The molecule has 8 nitrogen and oxygen atoms in total. The Kier molecular flexibility index (Phi) is 6.47. The van der Waals surface area contributed by atoms with Crippen molar-refractivity contribution in [3.8, 4) is 5.69 Å². The molecule has 190 valence electrons. The maximum atomic E-state index is 14.8. The number of aliphatic hydroxyl groups excluding tert-OH is 1. The molecular weight excluding hydrogens is 515 g/mol. The van der Waals surface area contributed by atoms with Crippen LogP contribution in [0.2, 0.25) is 5.02 Å². The summed E-state index contributed by atoms with van der Waals surface area (Å²) in [6.45, 7) is 0.562. The number of nitrogens with one attached hydrogen (secondary N) is 1. The third-order valence-electron chi connectivity index (χ3n) is 5.52. The summed E-state index contributed by atoms with van der Waals surface area (Å²) in [5.41, 5.74) is -2.68. The van der Waals surface area contributed by atoms with E-state index in [0.717, 1.165) is 27.8 Å². The second-order valence-corrected chi connectivity index (χ2v) is 8.51. The molecule has 0 saturated carbocycles. The fraction of sp³-hybridized carbons (Fsp3) is 0.273. The lowest BCUT2D eigenvalue weighted by Crippen LogP contribution is -2.44. The number of hydrogen-bond acceptors (Lipinski definition) is 5. The van der Waals surface area contributed by atoms with Gasteiger partial charge < -0.3 is 10.4 Å². The van der Waals surface area contributed by atoms with E-state index in [0.29, 0.717) is 13.0 Å². The SMILES string of the molecule is CC(NC(=O)c1cn(-c2c(F)cc(F)cc2Cl)c2nc(N3CC(O)CC3=O)ccc2c1=O)C(F)(F)F. The van der Waals surface area contributed by atoms with Gasteiger partial charge in [-0.25, -0.2) is 13.8 Å². The standard InChI is InChI=1S/C22H16ClF5N4O4/c1-9(22(26,27)28)29-21(36)13-8-32(18-14(23)4-10(24)5-15(18)25)20-12(19(13)35)2-3-16(30-20)31-7-11(33)6-17(31)34/h2-5,8-9,11,33H,6-7H2,1H3,(H,29,36). The third-order valence-corrected chi connectivity index (χ3v) is 5.81. The first kappa shape index (κ1) is 25.5. The van der Waals surface area contributed by atoms with Crippen molar-refractivity contribution < 1.29 is 36.6 Å². The summed E-state index contributed by atoms with van der Waals surface area (Å²) in [6.07, 6.45) is -5.21. The van der Waals surface area contributed by atoms with E-state index in [1.165, 1.54) is 6.07 Å². The molecule has 2 amide bonds. The van der Waals surface area contributed by atoms with Gasteiger partial charge in [0.2, 0.25) is 11.3 Å². The van der Waals surface area contributed by atoms with Gasteiger partial charge in [-0.2, -0.15) is 13.2 Å². The van der Waals surface area contributed by atoms with Crippen LogP contribution in [0.15, 0.2) is 35.3 Å². The molecule has 0 aliphatic carbocycles. The average molecular weight is 531 g/mol. The molecule has 0 bridgehead atoms. The molecule has 2 atom stereocenters. The number of halogens is 6. The van der Waals surface area contributed by atoms with Crippen molar-refractivity contribution in [2.75, 3.05) is 11.4 Å². The van der Waals surface area contributed by atoms with Crippen molar-refractivity contribution in [3.05, 3.63) is 62.9 Å². The summed E-state index contributed by atoms with van der Waals surface area (Å²) in [6, 6.07) is 1.29. The fourth-order valence-electron chi connectivity index (χ4n) is 3.71. The van der Waals surface area contributed by atoms with E-state index in [4.69, 9.17) is 11.6 Å². The largest absolute Gasteiger partial charge is 0.408 e. The van der Waals surface area contributed by atoms with Crippen LogP contribution < -0.4 is 15.6 Å². The molecule has 1 aromatic carbocycles. The van der Waals surface area contributed by atoms with Gasteiger partial charge in [-0.05, 0) is 25.1 Å². The summed E-state index contributed by atoms with van der Waals surface area (Å²) < 4.78 is 68.2. The van der Waals surface area contributed by atoms with Crippen molar-refractivity contribution in [2.45, 2.75) is 31.7 Å². The molecule has 4 rings (SSSR count). The van der Waals surface area contributed by atoms with E-state index in [-0.39, 0.29) is 29.8 Å². The Labute approximate surface area is 203 Å². The number of anilines is 1. The fourth-order valence-corrected chi connectivity index (χ4v) is 3.99. The molecule has 1 aliphatic heterocycles. The lowest BCUT2D eigenvalue weighted by molar-refractivity contribution is -0.149. The number of aliphatic hydroxyl groups is 1. The number of carbonyl (C=O) groups is 2. The highest BCUT2D eigenvalue weighted by Gasteiger charge is 2.38. The van der Waals surface area contributed by atoms with Gasteiger partial charge in [-0.1, -0.05) is 11.6 Å². The molecule has 3 heterocycles. The summed E-state index contributed by atoms with van der Waals surface area (Å²) in [4.78, 5) is 43.2. The van der Waals surface area contributed by atoms with Crippen LogP contribution in [-0.2, 0) is 4.79 Å². The third kappa shape index (κ3) is 4.63. The van der Waals surface area contributed by atoms with Crippen LogP contribution in [0.3, 0.4) is 0 Å². The summed E-state index contributed by atoms with van der Waals surface area (Å²) in [5, 5.41) is 10.6. The summed E-state index contributed by atoms with van der Waals surface area (Å²) >= 11 is 6.04. The minimum atomic E-state index is -4.80. The van der Waals surface area contributed by atoms with Crippen molar-refractivity contribution in [3.63, 3.8) is 0 Å². The number of benzene rings is 1. The Morgan fingerprint density at radius 3 is 2.53 bits per heavy atom. The highest BCUT2D eigenvalue weighted by molar-refractivity contribution is 6.32. The average Bonchev–Trinajstić information content (AvgIpc) is 3.11. The van der Waals surface area contributed by atoms with E-state index in [2.05, 4.69) is 4.98 Å². The molecule has 0 radical (unpaired) electrons. The Morgan fingerprint density at radius 1 is 1.25 bits per heavy atom. The second kappa shape index (κ2) is 9.13. The lowest BCUT2D eigenvalue weighted by atomic mass is 10.1. The van der Waals surface area contributed by atoms with Crippen molar-refractivity contribution in [1.82, 2.24) is 14.9 Å². The van der Waals surface area contributed by atoms with Crippen LogP contribution in [-0.4, -0.2) is 51.3 Å². The summed E-state index contributed by atoms with van der Waals surface area (Å²) in [7, 11) is 0. The molecule has 1 aliphatic rings. The van der Waals surface area contributed by atoms with Crippen molar-refractivity contribution >= 4 is 40.3 Å². The quantitative estimate of drug-likeness (QED) is 0.505. The number of nitrogens with zero attached hydrogens (tertiary/aromatic N) is 3. The Hall–Kier alpha value is -3.58. The first-order chi connectivity index (χ1) is 16.8. The van der Waals surface area contributed by atoms with Crippen LogP contribution in [0.1, 0.15) is 23.7 Å². The number of amides is 2. The monoisotopic (exact) mass is 530 g/mol. The highest BCUT2D eigenvalue weighted by Crippen LogP contribution is 2.29. The van der Waals surface area contributed by atoms with Crippen LogP contribution in [0.4, 0.5) is 27.8 Å². The predicted octanol–water partition coefficient (Wildman–Crippen LogP) is 3.10. The molecular formula is C22H16ClF5N4O4. The molecule has 2 aromatic heterocycles. The number of rotatable bonds is 4. The molecule has 0 spiro atoms. The Balaban J connectivity index is 1.97. The lowest BCUT2D eigenvalue weighted by Gasteiger charge is -2.20. The zero-order chi connectivity index (χ0) is 26.5. The molecule has 1 fully saturated rings. The molecule has 2 N–H and O–H groups in total. The van der Waals surface area contributed by atoms with E-state index >= 15 is 0 Å². The molecule has 14 heteroatoms. The molecule has 3 aromatic rings. The van der Waals surface area contributed by atoms with Crippen molar-refractivity contribution in [1.29, 1.82) is 0 Å². The molecule has 1 saturated heterocycles. The maximum Gasteiger partial charge on any atom is 0.408 e. The first-order valence-corrected chi connectivity index (χ1v) is 10.7. The van der Waals surface area contributed by atoms with Gasteiger partial charge >= 0.3 is 6.18 Å². The number of fused-ring (bicyclic) bond motifs is 1. The van der Waals surface area contributed by atoms with E-state index in [9.17, 15) is 41.4 Å². The van der Waals surface area contributed by atoms with Gasteiger partial charge in [0.15, 0.2) is 11.5 Å². The number of pyridine rings is 2. The number of hydrogen-bond donors (Lipinski definition) is 2. The zero-order valence-electron chi connectivity index (χ0n) is 18.2. The van der Waals surface area contributed by atoms with E-state index in [1.807, 2.05) is 0 Å². The van der Waals surface area contributed by atoms with Gasteiger partial charge in [0.1, 0.15) is 28.9 Å². The van der Waals surface area contributed by atoms with E-state index in [1.54, 1.807) is 5.32 Å². The molecule has 36 heavy (non-hydrogen) atoms. The van der Waals surface area contributed by atoms with E-state index < -0.39 is 63.5 Å². The number of alkyl halides is 3. The summed E-state index contributed by atoms with van der Waals surface area (Å²) in [5.74, 6) is -4.17. The topological polar surface area (TPSA) is 105 Å². The minimum absolute atomic E-state index is 0.0289. The van der Waals surface area contributed by atoms with Crippen LogP contribution in [0.5, 0.6) is 0 Å². The Morgan fingerprint density at radius 2 is 1.94 bits per heavy atom. The zero-order valence-corrected chi connectivity index (χ0v) is 19.0. The highest BCUT2D eigenvalue weighted by atomic mass is 35.5. The van der Waals surface area contributed by atoms with Crippen LogP contribution >= 0.6 is 11.6 Å². The Bertz CT molecular complexity index is 1440. The smallest absolute Gasteiger partial charge is 0.391 e. The number of aromatic nitrogens is 2. The van der Waals surface area contributed by atoms with Crippen LogP contribution in [0.25, 0.3) is 16.7 Å². The maximum absolute atomic E-state index is 14.8.